The van der Waals surface area contributed by atoms with Gasteiger partial charge in [0.25, 0.3) is 5.91 Å². The second-order valence-electron chi connectivity index (χ2n) is 12.1. The molecule has 12 heteroatoms. The van der Waals surface area contributed by atoms with Crippen LogP contribution in [0, 0.1) is 5.92 Å². The largest absolute Gasteiger partial charge is 0.444 e. The highest BCUT2D eigenvalue weighted by molar-refractivity contribution is 7.19. The number of carbonyl (C=O) groups is 3. The number of anilines is 2. The summed E-state index contributed by atoms with van der Waals surface area (Å²) in [6.45, 7) is 11.3. The average Bonchev–Trinajstić information content (AvgIpc) is 3.61. The topological polar surface area (TPSA) is 136 Å². The van der Waals surface area contributed by atoms with Crippen molar-refractivity contribution in [3.63, 3.8) is 0 Å². The Morgan fingerprint density at radius 3 is 2.38 bits per heavy atom. The van der Waals surface area contributed by atoms with E-state index < -0.39 is 29.3 Å². The van der Waals surface area contributed by atoms with Crippen LogP contribution >= 0.6 is 11.3 Å². The molecule has 42 heavy (non-hydrogen) atoms. The molecule has 3 amide bonds. The van der Waals surface area contributed by atoms with Crippen molar-refractivity contribution in [1.29, 1.82) is 0 Å². The van der Waals surface area contributed by atoms with Crippen LogP contribution in [0.4, 0.5) is 20.3 Å². The smallest absolute Gasteiger partial charge is 0.412 e. The Kier molecular flexibility index (Phi) is 9.05. The fourth-order valence-corrected chi connectivity index (χ4v) is 5.27. The Morgan fingerprint density at radius 2 is 1.71 bits per heavy atom. The summed E-state index contributed by atoms with van der Waals surface area (Å²) >= 11 is 1.19. The Hall–Kier alpha value is -4.19. The highest BCUT2D eigenvalue weighted by Crippen LogP contribution is 2.37. The highest BCUT2D eigenvalue weighted by Gasteiger charge is 2.25. The van der Waals surface area contributed by atoms with Crippen LogP contribution in [0.1, 0.15) is 70.4 Å². The maximum absolute atomic E-state index is 13.2. The molecule has 2 heterocycles. The predicted octanol–water partition coefficient (Wildman–Crippen LogP) is 6.46. The number of rotatable bonds is 7. The number of thiazole rings is 1. The van der Waals surface area contributed by atoms with Gasteiger partial charge in [0.05, 0.1) is 11.9 Å². The number of ether oxygens (including phenoxy) is 2. The molecular formula is C30H38N6O5S. The van der Waals surface area contributed by atoms with Gasteiger partial charge in [0.1, 0.15) is 21.2 Å². The number of allylic oxidation sites excluding steroid dienone is 1. The van der Waals surface area contributed by atoms with Crippen molar-refractivity contribution in [2.24, 2.45) is 13.0 Å². The van der Waals surface area contributed by atoms with Crippen LogP contribution in [0.3, 0.4) is 0 Å². The van der Waals surface area contributed by atoms with Gasteiger partial charge in [-0.1, -0.05) is 35.6 Å². The first kappa shape index (κ1) is 30.8. The van der Waals surface area contributed by atoms with E-state index in [2.05, 4.69) is 32.1 Å². The lowest BCUT2D eigenvalue weighted by Gasteiger charge is -2.20. The Bertz CT molecular complexity index is 1490. The van der Waals surface area contributed by atoms with Crippen molar-refractivity contribution in [2.45, 2.75) is 65.6 Å². The third-order valence-electron chi connectivity index (χ3n) is 6.03. The van der Waals surface area contributed by atoms with E-state index in [0.29, 0.717) is 17.2 Å². The van der Waals surface area contributed by atoms with Crippen molar-refractivity contribution in [3.8, 4) is 10.6 Å². The highest BCUT2D eigenvalue weighted by atomic mass is 32.1. The second-order valence-corrected chi connectivity index (χ2v) is 13.1. The van der Waals surface area contributed by atoms with E-state index in [1.54, 1.807) is 38.7 Å². The molecule has 0 radical (unpaired) electrons. The molecule has 3 aromatic rings. The van der Waals surface area contributed by atoms with Gasteiger partial charge in [-0.15, -0.1) is 0 Å². The van der Waals surface area contributed by atoms with Gasteiger partial charge in [0, 0.05) is 25.4 Å². The average molecular weight is 595 g/mol. The first-order valence-corrected chi connectivity index (χ1v) is 14.6. The summed E-state index contributed by atoms with van der Waals surface area (Å²) in [7, 11) is 1.75. The van der Waals surface area contributed by atoms with E-state index in [1.807, 2.05) is 45.0 Å². The number of carbonyl (C=O) groups excluding carboxylic acids is 3. The van der Waals surface area contributed by atoms with E-state index in [4.69, 9.17) is 9.47 Å². The maximum Gasteiger partial charge on any atom is 0.412 e. The number of nitrogens with zero attached hydrogens (tertiary/aromatic N) is 3. The molecule has 0 aliphatic heterocycles. The lowest BCUT2D eigenvalue weighted by atomic mass is 10.0. The van der Waals surface area contributed by atoms with Gasteiger partial charge in [-0.25, -0.2) is 14.6 Å². The standard InChI is InChI=1S/C30H38N6O5S/c1-29(2,3)40-27(38)31-15-18-11-12-20(13-18)19-9-8-10-21(14-19)25-34-23(24(37)33-22-16-32-36(7)17-22)26(42-25)35-28(39)41-30(4,5)6/h8-10,13-14,16-18H,11-12,15H2,1-7H3,(H,31,38)(H,33,37)(H,35,39)/t18-/m0/s1. The summed E-state index contributed by atoms with van der Waals surface area (Å²) in [6, 6.07) is 7.91. The number of benzene rings is 1. The van der Waals surface area contributed by atoms with E-state index in [0.717, 1.165) is 24.0 Å². The van der Waals surface area contributed by atoms with Crippen LogP contribution in [0.2, 0.25) is 0 Å². The van der Waals surface area contributed by atoms with E-state index >= 15 is 0 Å². The van der Waals surface area contributed by atoms with Crippen molar-refractivity contribution >= 4 is 45.7 Å². The summed E-state index contributed by atoms with van der Waals surface area (Å²) in [6.07, 6.45) is 6.06. The Balaban J connectivity index is 1.54. The molecule has 1 aromatic carbocycles. The van der Waals surface area contributed by atoms with Gasteiger partial charge >= 0.3 is 12.2 Å². The monoisotopic (exact) mass is 594 g/mol. The minimum atomic E-state index is -0.709. The lowest BCUT2D eigenvalue weighted by molar-refractivity contribution is 0.0521. The summed E-state index contributed by atoms with van der Waals surface area (Å²) < 4.78 is 12.3. The van der Waals surface area contributed by atoms with Crippen LogP contribution in [0.25, 0.3) is 16.1 Å². The molecule has 1 atom stereocenters. The number of nitrogens with one attached hydrogen (secondary N) is 3. The molecule has 11 nitrogen and oxygen atoms in total. The van der Waals surface area contributed by atoms with Crippen LogP contribution in [-0.2, 0) is 16.5 Å². The van der Waals surface area contributed by atoms with Gasteiger partial charge in [0.2, 0.25) is 0 Å². The van der Waals surface area contributed by atoms with E-state index in [9.17, 15) is 14.4 Å². The minimum Gasteiger partial charge on any atom is -0.444 e. The summed E-state index contributed by atoms with van der Waals surface area (Å²) in [4.78, 5) is 42.5. The first-order valence-electron chi connectivity index (χ1n) is 13.7. The Morgan fingerprint density at radius 1 is 1.02 bits per heavy atom. The van der Waals surface area contributed by atoms with Crippen molar-refractivity contribution in [3.05, 3.63) is 54.0 Å². The molecule has 4 rings (SSSR count). The number of aryl methyl sites for hydroxylation is 1. The van der Waals surface area contributed by atoms with Gasteiger partial charge in [0.15, 0.2) is 5.69 Å². The molecule has 3 N–H and O–H groups in total. The van der Waals surface area contributed by atoms with Crippen molar-refractivity contribution in [2.75, 3.05) is 17.2 Å². The molecule has 1 aliphatic rings. The molecule has 0 unspecified atom stereocenters. The number of hydrogen-bond donors (Lipinski definition) is 3. The molecule has 2 aromatic heterocycles. The zero-order valence-electron chi connectivity index (χ0n) is 25.0. The third-order valence-corrected chi connectivity index (χ3v) is 7.05. The fourth-order valence-electron chi connectivity index (χ4n) is 4.33. The summed E-state index contributed by atoms with van der Waals surface area (Å²) in [5, 5.41) is 13.3. The number of hydrogen-bond acceptors (Lipinski definition) is 8. The van der Waals surface area contributed by atoms with Crippen LogP contribution in [0.5, 0.6) is 0 Å². The third kappa shape index (κ3) is 8.65. The van der Waals surface area contributed by atoms with E-state index in [-0.39, 0.29) is 16.6 Å². The number of amides is 3. The molecule has 0 saturated carbocycles. The first-order chi connectivity index (χ1) is 19.6. The molecule has 0 saturated heterocycles. The maximum atomic E-state index is 13.2. The predicted molar refractivity (Wildman–Crippen MR) is 164 cm³/mol. The second kappa shape index (κ2) is 12.4. The zero-order valence-corrected chi connectivity index (χ0v) is 25.8. The summed E-state index contributed by atoms with van der Waals surface area (Å²) in [5.41, 5.74) is 2.34. The minimum absolute atomic E-state index is 0.0727. The number of aromatic nitrogens is 3. The molecule has 224 valence electrons. The van der Waals surface area contributed by atoms with Crippen LogP contribution in [-0.4, -0.2) is 50.6 Å². The SMILES string of the molecule is Cn1cc(NC(=O)c2nc(-c3cccc(C4=C[C@@H](CNC(=O)OC(C)(C)C)CC4)c3)sc2NC(=O)OC(C)(C)C)cn1. The Labute approximate surface area is 249 Å². The van der Waals surface area contributed by atoms with Gasteiger partial charge in [-0.05, 0) is 77.5 Å². The molecule has 1 aliphatic carbocycles. The molecule has 0 spiro atoms. The van der Waals surface area contributed by atoms with Crippen molar-refractivity contribution < 1.29 is 23.9 Å². The lowest BCUT2D eigenvalue weighted by Crippen LogP contribution is -2.34. The van der Waals surface area contributed by atoms with Gasteiger partial charge in [-0.2, -0.15) is 5.10 Å². The van der Waals surface area contributed by atoms with Gasteiger partial charge in [-0.3, -0.25) is 14.8 Å². The molecule has 0 bridgehead atoms. The summed E-state index contributed by atoms with van der Waals surface area (Å²) in [5.74, 6) is -0.282. The molecule has 0 fully saturated rings. The quantitative estimate of drug-likeness (QED) is 0.285. The normalized spacial score (nSPS) is 15.1. The molecular weight excluding hydrogens is 556 g/mol. The van der Waals surface area contributed by atoms with E-state index in [1.165, 1.54) is 23.1 Å². The van der Waals surface area contributed by atoms with Crippen molar-refractivity contribution in [1.82, 2.24) is 20.1 Å². The zero-order chi connectivity index (χ0) is 30.7. The number of alkyl carbamates (subject to hydrolysis) is 1. The van der Waals surface area contributed by atoms with Crippen LogP contribution < -0.4 is 16.0 Å². The van der Waals surface area contributed by atoms with Crippen LogP contribution in [0.15, 0.2) is 42.7 Å². The van der Waals surface area contributed by atoms with Gasteiger partial charge < -0.3 is 20.1 Å². The fraction of sp³-hybridized carbons (Fsp3) is 0.433.